The summed E-state index contributed by atoms with van der Waals surface area (Å²) in [5, 5.41) is 2.94. The molecule has 3 amide bonds. The molecular formula is C34H28N2O3. The topological polar surface area (TPSA) is 66.5 Å². The number of nitrogens with one attached hydrogen (secondary N) is 1. The van der Waals surface area contributed by atoms with Crippen molar-refractivity contribution in [1.82, 2.24) is 0 Å². The third-order valence-electron chi connectivity index (χ3n) is 9.14. The Labute approximate surface area is 227 Å². The van der Waals surface area contributed by atoms with Crippen LogP contribution in [0.15, 0.2) is 91.0 Å². The van der Waals surface area contributed by atoms with Gasteiger partial charge in [0.2, 0.25) is 11.8 Å². The lowest BCUT2D eigenvalue weighted by Gasteiger charge is -2.51. The first-order chi connectivity index (χ1) is 18.8. The molecule has 2 bridgehead atoms. The minimum absolute atomic E-state index is 0.190. The third kappa shape index (κ3) is 3.16. The number of nitrogens with zero attached hydrogens (tertiary/aromatic N) is 1. The van der Waals surface area contributed by atoms with Crippen LogP contribution in [0, 0.1) is 25.2 Å². The van der Waals surface area contributed by atoms with Crippen LogP contribution in [-0.4, -0.2) is 17.7 Å². The van der Waals surface area contributed by atoms with Crippen molar-refractivity contribution in [2.45, 2.75) is 32.6 Å². The van der Waals surface area contributed by atoms with Gasteiger partial charge in [-0.25, -0.2) is 4.90 Å². The summed E-state index contributed by atoms with van der Waals surface area (Å²) in [6.45, 7) is 5.98. The van der Waals surface area contributed by atoms with Crippen LogP contribution >= 0.6 is 0 Å². The van der Waals surface area contributed by atoms with Gasteiger partial charge in [0.1, 0.15) is 0 Å². The summed E-state index contributed by atoms with van der Waals surface area (Å²) in [6.07, 6.45) is 0. The van der Waals surface area contributed by atoms with Crippen molar-refractivity contribution < 1.29 is 14.4 Å². The Hall–Kier alpha value is -4.51. The van der Waals surface area contributed by atoms with Gasteiger partial charge in [-0.3, -0.25) is 14.4 Å². The van der Waals surface area contributed by atoms with Crippen LogP contribution in [0.25, 0.3) is 0 Å². The highest BCUT2D eigenvalue weighted by Crippen LogP contribution is 2.67. The largest absolute Gasteiger partial charge is 0.322 e. The number of aryl methyl sites for hydroxylation is 2. The second kappa shape index (κ2) is 8.24. The van der Waals surface area contributed by atoms with Crippen molar-refractivity contribution in [1.29, 1.82) is 0 Å². The molecule has 2 atom stereocenters. The fourth-order valence-electron chi connectivity index (χ4n) is 7.17. The quantitative estimate of drug-likeness (QED) is 0.326. The molecule has 1 fully saturated rings. The lowest BCUT2D eigenvalue weighted by Crippen LogP contribution is -2.49. The highest BCUT2D eigenvalue weighted by atomic mass is 16.2. The van der Waals surface area contributed by atoms with Gasteiger partial charge in [0.05, 0.1) is 17.0 Å². The number of benzene rings is 4. The SMILES string of the molecule is Cc1ccc(NC(=O)c2cccc(N3C(=O)[C@H]4C5c6ccccc6C(c6ccccc65)[C@@]4(C)C3=O)c2)cc1C. The molecule has 39 heavy (non-hydrogen) atoms. The van der Waals surface area contributed by atoms with Gasteiger partial charge in [-0.1, -0.05) is 60.7 Å². The molecule has 0 aromatic heterocycles. The lowest BCUT2D eigenvalue weighted by molar-refractivity contribution is -0.128. The summed E-state index contributed by atoms with van der Waals surface area (Å²) in [5.41, 5.74) is 7.36. The molecule has 3 aliphatic carbocycles. The molecule has 4 aliphatic rings. The maximum Gasteiger partial charge on any atom is 0.255 e. The maximum absolute atomic E-state index is 14.3. The zero-order valence-corrected chi connectivity index (χ0v) is 22.1. The second-order valence-corrected chi connectivity index (χ2v) is 11.2. The summed E-state index contributed by atoms with van der Waals surface area (Å²) >= 11 is 0. The Morgan fingerprint density at radius 2 is 1.41 bits per heavy atom. The monoisotopic (exact) mass is 512 g/mol. The summed E-state index contributed by atoms with van der Waals surface area (Å²) in [5.74, 6) is -1.60. The van der Waals surface area contributed by atoms with E-state index in [-0.39, 0.29) is 29.6 Å². The fraction of sp³-hybridized carbons (Fsp3) is 0.206. The van der Waals surface area contributed by atoms with Crippen molar-refractivity contribution >= 4 is 29.1 Å². The maximum atomic E-state index is 14.3. The summed E-state index contributed by atoms with van der Waals surface area (Å²) in [7, 11) is 0. The molecule has 4 aromatic carbocycles. The van der Waals surface area contributed by atoms with E-state index in [4.69, 9.17) is 0 Å². The molecule has 0 spiro atoms. The normalized spacial score (nSPS) is 24.3. The lowest BCUT2D eigenvalue weighted by atomic mass is 9.48. The fourth-order valence-corrected chi connectivity index (χ4v) is 7.17. The van der Waals surface area contributed by atoms with Gasteiger partial charge in [0.25, 0.3) is 5.91 Å². The number of anilines is 2. The van der Waals surface area contributed by atoms with Gasteiger partial charge >= 0.3 is 0 Å². The second-order valence-electron chi connectivity index (χ2n) is 11.2. The van der Waals surface area contributed by atoms with Crippen LogP contribution in [0.5, 0.6) is 0 Å². The summed E-state index contributed by atoms with van der Waals surface area (Å²) < 4.78 is 0. The first kappa shape index (κ1) is 23.6. The first-order valence-corrected chi connectivity index (χ1v) is 13.4. The van der Waals surface area contributed by atoms with Crippen molar-refractivity contribution in [3.63, 3.8) is 0 Å². The summed E-state index contributed by atoms with van der Waals surface area (Å²) in [6, 6.07) is 29.0. The van der Waals surface area contributed by atoms with Crippen molar-refractivity contribution in [3.05, 3.63) is 130 Å². The highest BCUT2D eigenvalue weighted by molar-refractivity contribution is 6.25. The van der Waals surface area contributed by atoms with E-state index in [1.807, 2.05) is 63.2 Å². The molecule has 1 saturated heterocycles. The molecular weight excluding hydrogens is 484 g/mol. The Kier molecular flexibility index (Phi) is 4.99. The molecule has 0 saturated carbocycles. The van der Waals surface area contributed by atoms with E-state index in [9.17, 15) is 14.4 Å². The van der Waals surface area contributed by atoms with Gasteiger partial charge in [0, 0.05) is 23.1 Å². The van der Waals surface area contributed by atoms with E-state index >= 15 is 0 Å². The number of amides is 3. The Bertz CT molecular complexity index is 1680. The first-order valence-electron chi connectivity index (χ1n) is 13.4. The van der Waals surface area contributed by atoms with Gasteiger partial charge in [-0.15, -0.1) is 0 Å². The molecule has 0 unspecified atom stereocenters. The third-order valence-corrected chi connectivity index (χ3v) is 9.14. The predicted octanol–water partition coefficient (Wildman–Crippen LogP) is 6.34. The van der Waals surface area contributed by atoms with E-state index in [0.29, 0.717) is 16.9 Å². The Balaban J connectivity index is 1.28. The average molecular weight is 513 g/mol. The highest BCUT2D eigenvalue weighted by Gasteiger charge is 2.68. The number of hydrogen-bond acceptors (Lipinski definition) is 3. The number of rotatable bonds is 3. The van der Waals surface area contributed by atoms with E-state index in [2.05, 4.69) is 29.6 Å². The van der Waals surface area contributed by atoms with Crippen LogP contribution < -0.4 is 10.2 Å². The van der Waals surface area contributed by atoms with Crippen LogP contribution in [0.4, 0.5) is 11.4 Å². The van der Waals surface area contributed by atoms with Gasteiger partial charge in [-0.2, -0.15) is 0 Å². The van der Waals surface area contributed by atoms with Crippen LogP contribution in [0.1, 0.15) is 62.5 Å². The zero-order valence-electron chi connectivity index (χ0n) is 22.1. The number of imide groups is 1. The van der Waals surface area contributed by atoms with E-state index in [1.165, 1.54) is 4.90 Å². The Morgan fingerprint density at radius 1 is 0.769 bits per heavy atom. The minimum Gasteiger partial charge on any atom is -0.322 e. The van der Waals surface area contributed by atoms with Crippen molar-refractivity contribution in [2.75, 3.05) is 10.2 Å². The van der Waals surface area contributed by atoms with Gasteiger partial charge in [-0.05, 0) is 84.5 Å². The van der Waals surface area contributed by atoms with Crippen molar-refractivity contribution in [3.8, 4) is 0 Å². The predicted molar refractivity (Wildman–Crippen MR) is 151 cm³/mol. The van der Waals surface area contributed by atoms with Crippen molar-refractivity contribution in [2.24, 2.45) is 11.3 Å². The molecule has 5 nitrogen and oxygen atoms in total. The number of carbonyl (C=O) groups excluding carboxylic acids is 3. The Morgan fingerprint density at radius 3 is 2.05 bits per heavy atom. The van der Waals surface area contributed by atoms with E-state index in [0.717, 1.165) is 33.4 Å². The molecule has 8 rings (SSSR count). The molecule has 5 heteroatoms. The van der Waals surface area contributed by atoms with Crippen LogP contribution in [0.2, 0.25) is 0 Å². The van der Waals surface area contributed by atoms with Gasteiger partial charge in [0.15, 0.2) is 0 Å². The van der Waals surface area contributed by atoms with E-state index < -0.39 is 11.3 Å². The molecule has 1 N–H and O–H groups in total. The minimum atomic E-state index is -0.915. The van der Waals surface area contributed by atoms with Crippen LogP contribution in [0.3, 0.4) is 0 Å². The summed E-state index contributed by atoms with van der Waals surface area (Å²) in [4.78, 5) is 43.0. The number of hydrogen-bond donors (Lipinski definition) is 1. The van der Waals surface area contributed by atoms with E-state index in [1.54, 1.807) is 24.3 Å². The van der Waals surface area contributed by atoms with Gasteiger partial charge < -0.3 is 5.32 Å². The zero-order chi connectivity index (χ0) is 27.1. The molecule has 4 aromatic rings. The molecule has 1 heterocycles. The average Bonchev–Trinajstić information content (AvgIpc) is 3.16. The molecule has 192 valence electrons. The smallest absolute Gasteiger partial charge is 0.255 e. The standard InChI is InChI=1S/C34H28N2O3/c1-19-15-16-22(17-20(19)2)35-31(37)21-9-8-10-23(18-21)36-32(38)30-28-24-11-4-6-13-26(24)29(34(30,3)33(36)39)27-14-7-5-12-25(27)28/h4-18,28-30H,1-3H3,(H,35,37)/t28?,29?,30-,34-/m1/s1. The molecule has 0 radical (unpaired) electrons. The van der Waals surface area contributed by atoms with Crippen LogP contribution in [-0.2, 0) is 9.59 Å². The number of carbonyl (C=O) groups is 3. The molecule has 1 aliphatic heterocycles.